The topological polar surface area (TPSA) is 32.3 Å². The predicted molar refractivity (Wildman–Crippen MR) is 75.8 cm³/mol. The van der Waals surface area contributed by atoms with Gasteiger partial charge in [0, 0.05) is 23.9 Å². The van der Waals surface area contributed by atoms with E-state index in [0.29, 0.717) is 23.3 Å². The molecule has 0 fully saturated rings. The van der Waals surface area contributed by atoms with Gasteiger partial charge < -0.3 is 10.4 Å². The van der Waals surface area contributed by atoms with Gasteiger partial charge in [-0.3, -0.25) is 0 Å². The van der Waals surface area contributed by atoms with E-state index in [-0.39, 0.29) is 6.61 Å². The van der Waals surface area contributed by atoms with Crippen molar-refractivity contribution in [2.45, 2.75) is 48.7 Å². The maximum Gasteiger partial charge on any atom is 0.0649 e. The highest BCUT2D eigenvalue weighted by Gasteiger charge is 2.27. The van der Waals surface area contributed by atoms with Gasteiger partial charge in [-0.25, -0.2) is 0 Å². The number of hydrogen-bond donors (Lipinski definition) is 2. The summed E-state index contributed by atoms with van der Waals surface area (Å²) < 4.78 is 1.46. The Hall–Kier alpha value is -0.0300. The Morgan fingerprint density at radius 3 is 3.00 bits per heavy atom. The maximum absolute atomic E-state index is 9.20. The van der Waals surface area contributed by atoms with Crippen LogP contribution >= 0.6 is 23.1 Å². The van der Waals surface area contributed by atoms with Gasteiger partial charge in [0.25, 0.3) is 0 Å². The Balaban J connectivity index is 2.07. The summed E-state index contributed by atoms with van der Waals surface area (Å²) in [6.07, 6.45) is 1.18. The van der Waals surface area contributed by atoms with E-state index in [1.54, 1.807) is 0 Å². The van der Waals surface area contributed by atoms with Gasteiger partial charge in [-0.2, -0.15) is 0 Å². The minimum atomic E-state index is 0.252. The van der Waals surface area contributed by atoms with Crippen LogP contribution in [0.2, 0.25) is 0 Å². The Labute approximate surface area is 112 Å². The Bertz CT molecular complexity index is 366. The zero-order chi connectivity index (χ0) is 12.4. The fraction of sp³-hybridized carbons (Fsp3) is 0.692. The highest BCUT2D eigenvalue weighted by molar-refractivity contribution is 8.01. The number of thiophene rings is 1. The molecule has 0 aromatic carbocycles. The molecule has 0 saturated carbocycles. The van der Waals surface area contributed by atoms with Crippen molar-refractivity contribution in [1.29, 1.82) is 0 Å². The molecule has 4 heteroatoms. The van der Waals surface area contributed by atoms with E-state index in [0.717, 1.165) is 0 Å². The normalized spacial score (nSPS) is 27.5. The van der Waals surface area contributed by atoms with Crippen molar-refractivity contribution in [3.8, 4) is 0 Å². The lowest BCUT2D eigenvalue weighted by molar-refractivity contribution is 0.199. The van der Waals surface area contributed by atoms with E-state index in [1.165, 1.54) is 16.2 Å². The van der Waals surface area contributed by atoms with E-state index in [2.05, 4.69) is 37.5 Å². The van der Waals surface area contributed by atoms with Crippen molar-refractivity contribution in [3.05, 3.63) is 17.0 Å². The molecule has 3 unspecified atom stereocenters. The first kappa shape index (κ1) is 13.4. The quantitative estimate of drug-likeness (QED) is 0.881. The van der Waals surface area contributed by atoms with Crippen LogP contribution in [0.4, 0.5) is 0 Å². The second-order valence-electron chi connectivity index (χ2n) is 5.00. The van der Waals surface area contributed by atoms with E-state index in [4.69, 9.17) is 0 Å². The molecule has 0 spiro atoms. The van der Waals surface area contributed by atoms with Crippen molar-refractivity contribution in [2.24, 2.45) is 5.92 Å². The molecule has 2 nitrogen and oxygen atoms in total. The summed E-state index contributed by atoms with van der Waals surface area (Å²) >= 11 is 3.84. The van der Waals surface area contributed by atoms with Crippen LogP contribution in [0, 0.1) is 5.92 Å². The second-order valence-corrected chi connectivity index (χ2v) is 7.62. The molecule has 0 saturated heterocycles. The van der Waals surface area contributed by atoms with Gasteiger partial charge in [-0.1, -0.05) is 13.8 Å². The zero-order valence-electron chi connectivity index (χ0n) is 10.6. The molecule has 4 atom stereocenters. The SMILES string of the molecule is CC(CO)C(C)NC1C[C@H](C)Sc2sccc21. The van der Waals surface area contributed by atoms with Crippen LogP contribution in [0.25, 0.3) is 0 Å². The molecule has 2 N–H and O–H groups in total. The molecule has 0 radical (unpaired) electrons. The van der Waals surface area contributed by atoms with E-state index >= 15 is 0 Å². The molecule has 2 heterocycles. The van der Waals surface area contributed by atoms with Crippen molar-refractivity contribution in [1.82, 2.24) is 5.32 Å². The third-order valence-electron chi connectivity index (χ3n) is 3.52. The monoisotopic (exact) mass is 271 g/mol. The third-order valence-corrected chi connectivity index (χ3v) is 5.86. The Kier molecular flexibility index (Phi) is 4.53. The van der Waals surface area contributed by atoms with Gasteiger partial charge in [0.2, 0.25) is 0 Å². The van der Waals surface area contributed by atoms with Gasteiger partial charge in [-0.05, 0) is 36.3 Å². The van der Waals surface area contributed by atoms with Crippen LogP contribution in [-0.4, -0.2) is 23.0 Å². The number of thioether (sulfide) groups is 1. The molecular formula is C13H21NOS2. The van der Waals surface area contributed by atoms with Gasteiger partial charge >= 0.3 is 0 Å². The summed E-state index contributed by atoms with van der Waals surface area (Å²) in [4.78, 5) is 0. The summed E-state index contributed by atoms with van der Waals surface area (Å²) in [7, 11) is 0. The summed E-state index contributed by atoms with van der Waals surface area (Å²) in [5.74, 6) is 0.307. The number of aliphatic hydroxyl groups is 1. The first-order valence-electron chi connectivity index (χ1n) is 6.22. The molecule has 1 aromatic heterocycles. The summed E-state index contributed by atoms with van der Waals surface area (Å²) in [5.41, 5.74) is 1.45. The number of hydrogen-bond acceptors (Lipinski definition) is 4. The van der Waals surface area contributed by atoms with Gasteiger partial charge in [-0.15, -0.1) is 23.1 Å². The molecule has 1 aromatic rings. The highest BCUT2D eigenvalue weighted by atomic mass is 32.2. The summed E-state index contributed by atoms with van der Waals surface area (Å²) in [5, 5.41) is 15.7. The first-order valence-corrected chi connectivity index (χ1v) is 7.98. The number of aliphatic hydroxyl groups excluding tert-OH is 1. The third kappa shape index (κ3) is 3.05. The van der Waals surface area contributed by atoms with Crippen LogP contribution in [0.1, 0.15) is 38.8 Å². The molecular weight excluding hydrogens is 250 g/mol. The lowest BCUT2D eigenvalue weighted by atomic mass is 9.99. The number of fused-ring (bicyclic) bond motifs is 1. The van der Waals surface area contributed by atoms with Crippen molar-refractivity contribution >= 4 is 23.1 Å². The fourth-order valence-electron chi connectivity index (χ4n) is 2.15. The molecule has 2 rings (SSSR count). The van der Waals surface area contributed by atoms with Crippen molar-refractivity contribution in [2.75, 3.05) is 6.61 Å². The molecule has 0 bridgehead atoms. The smallest absolute Gasteiger partial charge is 0.0649 e. The largest absolute Gasteiger partial charge is 0.396 e. The molecule has 0 amide bonds. The van der Waals surface area contributed by atoms with Gasteiger partial charge in [0.1, 0.15) is 0 Å². The fourth-order valence-corrected chi connectivity index (χ4v) is 4.71. The van der Waals surface area contributed by atoms with Crippen molar-refractivity contribution in [3.63, 3.8) is 0 Å². The van der Waals surface area contributed by atoms with E-state index in [1.807, 2.05) is 23.1 Å². The van der Waals surface area contributed by atoms with E-state index in [9.17, 15) is 5.11 Å². The predicted octanol–water partition coefficient (Wildman–Crippen LogP) is 3.28. The van der Waals surface area contributed by atoms with Crippen LogP contribution in [-0.2, 0) is 0 Å². The summed E-state index contributed by atoms with van der Waals surface area (Å²) in [6.45, 7) is 6.80. The minimum Gasteiger partial charge on any atom is -0.396 e. The van der Waals surface area contributed by atoms with Crippen LogP contribution in [0.15, 0.2) is 15.7 Å². The molecule has 0 aliphatic carbocycles. The van der Waals surface area contributed by atoms with E-state index < -0.39 is 0 Å². The molecule has 1 aliphatic heterocycles. The maximum atomic E-state index is 9.20. The molecule has 1 aliphatic rings. The highest BCUT2D eigenvalue weighted by Crippen LogP contribution is 2.43. The lowest BCUT2D eigenvalue weighted by Crippen LogP contribution is -2.38. The van der Waals surface area contributed by atoms with Crippen LogP contribution in [0.3, 0.4) is 0 Å². The van der Waals surface area contributed by atoms with Gasteiger partial charge in [0.05, 0.1) is 4.21 Å². The van der Waals surface area contributed by atoms with Crippen LogP contribution in [0.5, 0.6) is 0 Å². The average Bonchev–Trinajstić information content (AvgIpc) is 2.75. The Morgan fingerprint density at radius 2 is 2.29 bits per heavy atom. The van der Waals surface area contributed by atoms with Crippen LogP contribution < -0.4 is 5.32 Å². The summed E-state index contributed by atoms with van der Waals surface area (Å²) in [6, 6.07) is 3.05. The average molecular weight is 271 g/mol. The minimum absolute atomic E-state index is 0.252. The van der Waals surface area contributed by atoms with Gasteiger partial charge in [0.15, 0.2) is 0 Å². The Morgan fingerprint density at radius 1 is 1.53 bits per heavy atom. The lowest BCUT2D eigenvalue weighted by Gasteiger charge is -2.31. The second kappa shape index (κ2) is 5.74. The number of rotatable bonds is 4. The molecule has 17 heavy (non-hydrogen) atoms. The number of nitrogens with one attached hydrogen (secondary N) is 1. The standard InChI is InChI=1S/C13H21NOS2/c1-8(7-15)10(3)14-12-6-9(2)17-13-11(12)4-5-16-13/h4-5,8-10,12,14-15H,6-7H2,1-3H3/t8?,9-,10?,12?/m0/s1. The first-order chi connectivity index (χ1) is 8.11. The van der Waals surface area contributed by atoms with Crippen molar-refractivity contribution < 1.29 is 5.11 Å². The zero-order valence-corrected chi connectivity index (χ0v) is 12.3. The molecule has 96 valence electrons.